The number of rotatable bonds is 18. The van der Waals surface area contributed by atoms with E-state index in [0.717, 1.165) is 11.1 Å². The predicted octanol–water partition coefficient (Wildman–Crippen LogP) is 0.426. The Morgan fingerprint density at radius 3 is 1.98 bits per heavy atom. The highest BCUT2D eigenvalue weighted by molar-refractivity contribution is 7.96. The molecule has 0 bridgehead atoms. The number of guanidine groups is 1. The van der Waals surface area contributed by atoms with Gasteiger partial charge in [-0.25, -0.2) is 0 Å². The van der Waals surface area contributed by atoms with E-state index in [4.69, 9.17) is 16.9 Å². The highest BCUT2D eigenvalue weighted by atomic mass is 32.1. The van der Waals surface area contributed by atoms with Gasteiger partial charge in [0.2, 0.25) is 16.9 Å². The van der Waals surface area contributed by atoms with Gasteiger partial charge in [0, 0.05) is 6.54 Å². The third-order valence-corrected chi connectivity index (χ3v) is 6.61. The molecule has 4 unspecified atom stereocenters. The third kappa shape index (κ3) is 12.5. The van der Waals surface area contributed by atoms with E-state index in [-0.39, 0.29) is 24.7 Å². The van der Waals surface area contributed by atoms with Gasteiger partial charge in [-0.2, -0.15) is 0 Å². The van der Waals surface area contributed by atoms with Crippen molar-refractivity contribution in [2.24, 2.45) is 11.5 Å². The normalized spacial score (nSPS) is 13.7. The number of Topliss-reactive ketones (excluding diaryl/α,β-unsaturated/α-hetero) is 1. The van der Waals surface area contributed by atoms with Crippen molar-refractivity contribution in [3.05, 3.63) is 71.8 Å². The summed E-state index contributed by atoms with van der Waals surface area (Å²) in [6.07, 6.45) is 1.66. The van der Waals surface area contributed by atoms with Crippen molar-refractivity contribution in [1.82, 2.24) is 21.3 Å². The van der Waals surface area contributed by atoms with Gasteiger partial charge in [-0.1, -0.05) is 67.6 Å². The predicted molar refractivity (Wildman–Crippen MR) is 162 cm³/mol. The molecule has 0 fully saturated rings. The monoisotopic (exact) mass is 583 g/mol. The van der Waals surface area contributed by atoms with Gasteiger partial charge in [-0.05, 0) is 43.2 Å². The Morgan fingerprint density at radius 1 is 0.854 bits per heavy atom. The van der Waals surface area contributed by atoms with Crippen LogP contribution < -0.4 is 32.7 Å². The molecule has 0 spiro atoms. The van der Waals surface area contributed by atoms with Gasteiger partial charge in [0.25, 0.3) is 0 Å². The van der Waals surface area contributed by atoms with Crippen LogP contribution in [0.1, 0.15) is 37.3 Å². The minimum Gasteiger partial charge on any atom is -0.370 e. The van der Waals surface area contributed by atoms with Crippen molar-refractivity contribution in [2.45, 2.75) is 63.2 Å². The number of benzene rings is 2. The highest BCUT2D eigenvalue weighted by Crippen LogP contribution is 2.11. The quantitative estimate of drug-likeness (QED) is 0.0536. The molecule has 0 aromatic heterocycles. The largest absolute Gasteiger partial charge is 0.370 e. The van der Waals surface area contributed by atoms with E-state index < -0.39 is 41.1 Å². The zero-order chi connectivity index (χ0) is 30.2. The van der Waals surface area contributed by atoms with Gasteiger partial charge < -0.3 is 27.4 Å². The molecule has 0 radical (unpaired) electrons. The molecular weight excluding hydrogens is 542 g/mol. The molecule has 0 heterocycles. The lowest BCUT2D eigenvalue weighted by Gasteiger charge is -2.28. The van der Waals surface area contributed by atoms with Crippen LogP contribution >= 0.6 is 12.6 Å². The molecule has 0 aliphatic heterocycles. The molecule has 2 aromatic carbocycles. The van der Waals surface area contributed by atoms with Crippen LogP contribution in [0.25, 0.3) is 0 Å². The van der Waals surface area contributed by atoms with Gasteiger partial charge in [-0.15, -0.1) is 12.6 Å². The minimum atomic E-state index is -0.897. The SMILES string of the molecule is CCC(NC(CCCNC(=N)N)C(=O)NCC(=O)S)C(=O)C(Cc1ccccc1)NC(=O)C(N)Cc1ccccc1. The molecule has 41 heavy (non-hydrogen) atoms. The average molecular weight is 584 g/mol. The topological polar surface area (TPSA) is 192 Å². The summed E-state index contributed by atoms with van der Waals surface area (Å²) in [4.78, 5) is 51.2. The number of carbonyl (C=O) groups is 4. The molecular formula is C29H41N7O4S. The number of nitrogens with two attached hydrogens (primary N) is 2. The van der Waals surface area contributed by atoms with Crippen molar-refractivity contribution in [2.75, 3.05) is 13.1 Å². The maximum atomic E-state index is 13.9. The smallest absolute Gasteiger partial charge is 0.237 e. The van der Waals surface area contributed by atoms with Crippen molar-refractivity contribution < 1.29 is 19.2 Å². The highest BCUT2D eigenvalue weighted by Gasteiger charge is 2.32. The summed E-state index contributed by atoms with van der Waals surface area (Å²) in [7, 11) is 0. The lowest BCUT2D eigenvalue weighted by atomic mass is 9.94. The Hall–Kier alpha value is -3.74. The minimum absolute atomic E-state index is 0.189. The Kier molecular flexibility index (Phi) is 14.6. The van der Waals surface area contributed by atoms with E-state index in [1.807, 2.05) is 67.6 Å². The number of nitrogens with one attached hydrogen (secondary N) is 5. The maximum Gasteiger partial charge on any atom is 0.237 e. The average Bonchev–Trinajstić information content (AvgIpc) is 2.95. The fourth-order valence-electron chi connectivity index (χ4n) is 4.30. The van der Waals surface area contributed by atoms with Crippen molar-refractivity contribution in [3.63, 3.8) is 0 Å². The van der Waals surface area contributed by atoms with Crippen LogP contribution in [-0.2, 0) is 32.0 Å². The molecule has 11 nitrogen and oxygen atoms in total. The Labute approximate surface area is 246 Å². The first-order chi connectivity index (χ1) is 19.6. The van der Waals surface area contributed by atoms with Gasteiger partial charge in [0.15, 0.2) is 11.7 Å². The number of hydrogen-bond donors (Lipinski definition) is 8. The molecule has 2 rings (SSSR count). The molecule has 9 N–H and O–H groups in total. The zero-order valence-corrected chi connectivity index (χ0v) is 24.2. The van der Waals surface area contributed by atoms with Crippen LogP contribution in [0.4, 0.5) is 0 Å². The molecule has 0 saturated carbocycles. The van der Waals surface area contributed by atoms with Crippen molar-refractivity contribution in [3.8, 4) is 0 Å². The molecule has 0 aliphatic carbocycles. The number of amides is 2. The summed E-state index contributed by atoms with van der Waals surface area (Å²) in [5, 5.41) is 18.0. The molecule has 0 saturated heterocycles. The van der Waals surface area contributed by atoms with Gasteiger partial charge >= 0.3 is 0 Å². The van der Waals surface area contributed by atoms with E-state index in [2.05, 4.69) is 33.9 Å². The third-order valence-electron chi connectivity index (χ3n) is 6.45. The van der Waals surface area contributed by atoms with Crippen molar-refractivity contribution >= 4 is 41.3 Å². The summed E-state index contributed by atoms with van der Waals surface area (Å²) in [5.74, 6) is -1.39. The van der Waals surface area contributed by atoms with E-state index >= 15 is 0 Å². The Balaban J connectivity index is 2.21. The van der Waals surface area contributed by atoms with Crippen molar-refractivity contribution in [1.29, 1.82) is 5.41 Å². The Bertz CT molecular complexity index is 1150. The number of hydrogen-bond acceptors (Lipinski definition) is 7. The summed E-state index contributed by atoms with van der Waals surface area (Å²) < 4.78 is 0. The second-order valence-corrected chi connectivity index (χ2v) is 10.2. The molecule has 222 valence electrons. The summed E-state index contributed by atoms with van der Waals surface area (Å²) in [6, 6.07) is 15.4. The summed E-state index contributed by atoms with van der Waals surface area (Å²) in [6.45, 7) is 1.90. The van der Waals surface area contributed by atoms with Gasteiger partial charge in [0.05, 0.1) is 30.7 Å². The zero-order valence-electron chi connectivity index (χ0n) is 23.3. The van der Waals surface area contributed by atoms with Gasteiger partial charge in [0.1, 0.15) is 0 Å². The second-order valence-electron chi connectivity index (χ2n) is 9.72. The molecule has 2 aromatic rings. The van der Waals surface area contributed by atoms with Crippen LogP contribution in [0.3, 0.4) is 0 Å². The van der Waals surface area contributed by atoms with Crippen LogP contribution in [0.2, 0.25) is 0 Å². The second kappa shape index (κ2) is 17.8. The van der Waals surface area contributed by atoms with Crippen LogP contribution in [0.5, 0.6) is 0 Å². The van der Waals surface area contributed by atoms with E-state index in [1.54, 1.807) is 0 Å². The number of carbonyl (C=O) groups excluding carboxylic acids is 4. The van der Waals surface area contributed by atoms with Crippen LogP contribution in [0, 0.1) is 5.41 Å². The van der Waals surface area contributed by atoms with E-state index in [9.17, 15) is 19.2 Å². The van der Waals surface area contributed by atoms with Crippen LogP contribution in [0.15, 0.2) is 60.7 Å². The first kappa shape index (κ1) is 33.5. The lowest BCUT2D eigenvalue weighted by molar-refractivity contribution is -0.130. The Morgan fingerprint density at radius 2 is 1.44 bits per heavy atom. The van der Waals surface area contributed by atoms with E-state index in [0.29, 0.717) is 32.2 Å². The summed E-state index contributed by atoms with van der Waals surface area (Å²) >= 11 is 3.70. The van der Waals surface area contributed by atoms with Gasteiger partial charge in [-0.3, -0.25) is 29.9 Å². The molecule has 0 aliphatic rings. The lowest BCUT2D eigenvalue weighted by Crippen LogP contribution is -2.57. The number of thiol groups is 1. The van der Waals surface area contributed by atoms with E-state index in [1.165, 1.54) is 0 Å². The first-order valence-corrected chi connectivity index (χ1v) is 14.1. The number of ketones is 1. The fraction of sp³-hybridized carbons (Fsp3) is 0.414. The maximum absolute atomic E-state index is 13.9. The molecule has 12 heteroatoms. The summed E-state index contributed by atoms with van der Waals surface area (Å²) in [5.41, 5.74) is 13.3. The van der Waals surface area contributed by atoms with Crippen LogP contribution in [-0.4, -0.2) is 65.9 Å². The fourth-order valence-corrected chi connectivity index (χ4v) is 4.38. The first-order valence-electron chi connectivity index (χ1n) is 13.6. The molecule has 4 atom stereocenters. The molecule has 2 amide bonds. The standard InChI is InChI=1S/C29H41N7O4S/c1-2-22(35-23(14-9-15-33-29(31)32)28(40)34-18-25(37)41)26(38)24(17-20-12-7-4-8-13-20)36-27(39)21(30)16-19-10-5-3-6-11-19/h3-8,10-13,21-24,35H,2,9,14-18,30H2,1H3,(H,34,40)(H,36,39)(H,37,41)(H4,31,32,33).